The van der Waals surface area contributed by atoms with Crippen LogP contribution in [0.4, 0.5) is 5.13 Å². The summed E-state index contributed by atoms with van der Waals surface area (Å²) in [5.74, 6) is -0.104. The van der Waals surface area contributed by atoms with Crippen LogP contribution in [0, 0.1) is 0 Å². The maximum Gasteiger partial charge on any atom is 0.253 e. The van der Waals surface area contributed by atoms with E-state index in [1.54, 1.807) is 35.4 Å². The summed E-state index contributed by atoms with van der Waals surface area (Å²) in [6, 6.07) is 21.3. The number of halogens is 1. The maximum atomic E-state index is 13.1. The van der Waals surface area contributed by atoms with E-state index in [9.17, 15) is 13.2 Å². The lowest BCUT2D eigenvalue weighted by Gasteiger charge is -2.34. The molecule has 1 fully saturated rings. The van der Waals surface area contributed by atoms with Crippen molar-refractivity contribution in [3.63, 3.8) is 0 Å². The lowest BCUT2D eigenvalue weighted by Crippen LogP contribution is -2.48. The monoisotopic (exact) mass is 540 g/mol. The van der Waals surface area contributed by atoms with Crippen molar-refractivity contribution in [1.29, 1.82) is 0 Å². The van der Waals surface area contributed by atoms with Gasteiger partial charge < -0.3 is 9.80 Å². The van der Waals surface area contributed by atoms with E-state index in [0.29, 0.717) is 36.8 Å². The largest absolute Gasteiger partial charge is 0.345 e. The van der Waals surface area contributed by atoms with Crippen LogP contribution in [0.3, 0.4) is 0 Å². The van der Waals surface area contributed by atoms with E-state index in [4.69, 9.17) is 16.6 Å². The predicted octanol–water partition coefficient (Wildman–Crippen LogP) is 4.73. The summed E-state index contributed by atoms with van der Waals surface area (Å²) < 4.78 is 28.3. The summed E-state index contributed by atoms with van der Waals surface area (Å²) in [5, 5.41) is 1.61. The van der Waals surface area contributed by atoms with E-state index in [-0.39, 0.29) is 17.3 Å². The van der Waals surface area contributed by atoms with Crippen LogP contribution in [-0.4, -0.2) is 61.7 Å². The fraction of sp³-hybridized carbons (Fsp3) is 0.231. The molecule has 186 valence electrons. The maximum absolute atomic E-state index is 13.1. The van der Waals surface area contributed by atoms with E-state index in [0.717, 1.165) is 20.9 Å². The number of thiazole rings is 1. The third-order valence-electron chi connectivity index (χ3n) is 6.23. The number of amides is 1. The minimum Gasteiger partial charge on any atom is -0.345 e. The number of sulfonamides is 1. The Balaban J connectivity index is 1.22. The number of carbonyl (C=O) groups excluding carboxylic acids is 1. The number of aromatic nitrogens is 1. The average Bonchev–Trinajstić information content (AvgIpc) is 3.32. The van der Waals surface area contributed by atoms with Crippen molar-refractivity contribution in [3.8, 4) is 0 Å². The molecule has 2 heterocycles. The third kappa shape index (κ3) is 5.10. The minimum atomic E-state index is -3.67. The summed E-state index contributed by atoms with van der Waals surface area (Å²) in [5.41, 5.74) is 2.30. The van der Waals surface area contributed by atoms with Gasteiger partial charge in [0.1, 0.15) is 0 Å². The second-order valence-electron chi connectivity index (χ2n) is 8.66. The Kier molecular flexibility index (Phi) is 6.98. The van der Waals surface area contributed by atoms with E-state index in [2.05, 4.69) is 4.90 Å². The molecule has 4 aromatic rings. The number of nitrogens with zero attached hydrogens (tertiary/aromatic N) is 4. The van der Waals surface area contributed by atoms with Crippen molar-refractivity contribution in [3.05, 3.63) is 88.9 Å². The first-order valence-electron chi connectivity index (χ1n) is 11.5. The fourth-order valence-corrected chi connectivity index (χ4v) is 6.63. The topological polar surface area (TPSA) is 73.8 Å². The van der Waals surface area contributed by atoms with Gasteiger partial charge in [0.15, 0.2) is 5.13 Å². The molecule has 10 heteroatoms. The van der Waals surface area contributed by atoms with Gasteiger partial charge >= 0.3 is 0 Å². The Labute approximate surface area is 219 Å². The number of benzene rings is 3. The zero-order valence-corrected chi connectivity index (χ0v) is 22.1. The molecule has 1 saturated heterocycles. The SMILES string of the molecule is CN(Cc1ccccc1)S(=O)(=O)c1ccc(C(=O)N2CCN(c3nc4ccc(Cl)cc4s3)CC2)cc1. The molecule has 0 spiro atoms. The highest BCUT2D eigenvalue weighted by Crippen LogP contribution is 2.31. The van der Waals surface area contributed by atoms with E-state index < -0.39 is 10.0 Å². The zero-order chi connectivity index (χ0) is 25.3. The molecule has 0 bridgehead atoms. The lowest BCUT2D eigenvalue weighted by molar-refractivity contribution is 0.0746. The third-order valence-corrected chi connectivity index (χ3v) is 9.37. The first kappa shape index (κ1) is 24.7. The highest BCUT2D eigenvalue weighted by atomic mass is 35.5. The van der Waals surface area contributed by atoms with Gasteiger partial charge in [-0.2, -0.15) is 4.31 Å². The number of hydrogen-bond donors (Lipinski definition) is 0. The number of piperazine rings is 1. The number of fused-ring (bicyclic) bond motifs is 1. The van der Waals surface area contributed by atoms with Crippen LogP contribution in [0.25, 0.3) is 10.2 Å². The van der Waals surface area contributed by atoms with E-state index in [1.807, 2.05) is 48.5 Å². The summed E-state index contributed by atoms with van der Waals surface area (Å²) in [6.07, 6.45) is 0. The average molecular weight is 541 g/mol. The minimum absolute atomic E-state index is 0.104. The number of hydrogen-bond acceptors (Lipinski definition) is 6. The first-order chi connectivity index (χ1) is 17.3. The molecule has 7 nitrogen and oxygen atoms in total. The molecule has 1 amide bonds. The van der Waals surface area contributed by atoms with Gasteiger partial charge in [-0.1, -0.05) is 53.3 Å². The standard InChI is InChI=1S/C26H25ClN4O3S2/c1-29(18-19-5-3-2-4-6-19)36(33,34)22-10-7-20(8-11-22)25(32)30-13-15-31(16-14-30)26-28-23-12-9-21(27)17-24(23)35-26/h2-12,17H,13-16,18H2,1H3. The second-order valence-corrected chi connectivity index (χ2v) is 12.1. The molecule has 1 aromatic heterocycles. The van der Waals surface area contributed by atoms with E-state index in [1.165, 1.54) is 16.4 Å². The van der Waals surface area contributed by atoms with Gasteiger partial charge in [-0.3, -0.25) is 4.79 Å². The molecule has 0 N–H and O–H groups in total. The van der Waals surface area contributed by atoms with Gasteiger partial charge in [-0.25, -0.2) is 13.4 Å². The highest BCUT2D eigenvalue weighted by Gasteiger charge is 2.25. The molecule has 5 rings (SSSR count). The van der Waals surface area contributed by atoms with Crippen LogP contribution in [0.15, 0.2) is 77.7 Å². The molecule has 3 aromatic carbocycles. The Hall–Kier alpha value is -2.98. The van der Waals surface area contributed by atoms with Crippen molar-refractivity contribution >= 4 is 54.2 Å². The highest BCUT2D eigenvalue weighted by molar-refractivity contribution is 7.89. The molecule has 0 atom stereocenters. The van der Waals surface area contributed by atoms with Crippen LogP contribution in [0.2, 0.25) is 5.02 Å². The molecule has 0 radical (unpaired) electrons. The molecule has 0 aliphatic carbocycles. The Morgan fingerprint density at radius 1 is 1.00 bits per heavy atom. The molecule has 36 heavy (non-hydrogen) atoms. The van der Waals surface area contributed by atoms with Gasteiger partial charge in [0.2, 0.25) is 10.0 Å². The molecule has 1 aliphatic rings. The Morgan fingerprint density at radius 3 is 2.39 bits per heavy atom. The van der Waals surface area contributed by atoms with Crippen LogP contribution in [0.5, 0.6) is 0 Å². The van der Waals surface area contributed by atoms with E-state index >= 15 is 0 Å². The number of rotatable bonds is 6. The summed E-state index contributed by atoms with van der Waals surface area (Å²) in [4.78, 5) is 21.9. The fourth-order valence-electron chi connectivity index (χ4n) is 4.18. The van der Waals surface area contributed by atoms with Crippen molar-refractivity contribution in [1.82, 2.24) is 14.2 Å². The van der Waals surface area contributed by atoms with Gasteiger partial charge in [0.25, 0.3) is 5.91 Å². The summed E-state index contributed by atoms with van der Waals surface area (Å²) >= 11 is 7.69. The summed E-state index contributed by atoms with van der Waals surface area (Å²) in [7, 11) is -2.11. The number of carbonyl (C=O) groups is 1. The normalized spacial score (nSPS) is 14.5. The van der Waals surface area contributed by atoms with Gasteiger partial charge in [0, 0.05) is 50.4 Å². The molecule has 1 aliphatic heterocycles. The number of anilines is 1. The second kappa shape index (κ2) is 10.2. The molecule has 0 unspecified atom stereocenters. The van der Waals surface area contributed by atoms with Crippen molar-refractivity contribution in [2.24, 2.45) is 0 Å². The molecule has 0 saturated carbocycles. The van der Waals surface area contributed by atoms with Gasteiger partial charge in [-0.05, 0) is 48.0 Å². The van der Waals surface area contributed by atoms with Gasteiger partial charge in [-0.15, -0.1) is 0 Å². The lowest BCUT2D eigenvalue weighted by atomic mass is 10.2. The molecular weight excluding hydrogens is 516 g/mol. The Morgan fingerprint density at radius 2 is 1.69 bits per heavy atom. The van der Waals surface area contributed by atoms with Crippen molar-refractivity contribution in [2.45, 2.75) is 11.4 Å². The van der Waals surface area contributed by atoms with Crippen molar-refractivity contribution in [2.75, 3.05) is 38.1 Å². The molecular formula is C26H25ClN4O3S2. The first-order valence-corrected chi connectivity index (χ1v) is 14.2. The summed E-state index contributed by atoms with van der Waals surface area (Å²) in [6.45, 7) is 2.76. The Bertz CT molecular complexity index is 1480. The van der Waals surface area contributed by atoms with Crippen LogP contribution in [-0.2, 0) is 16.6 Å². The van der Waals surface area contributed by atoms with Crippen molar-refractivity contribution < 1.29 is 13.2 Å². The van der Waals surface area contributed by atoms with Crippen LogP contribution >= 0.6 is 22.9 Å². The zero-order valence-electron chi connectivity index (χ0n) is 19.7. The van der Waals surface area contributed by atoms with Gasteiger partial charge in [0.05, 0.1) is 15.1 Å². The smallest absolute Gasteiger partial charge is 0.253 e. The predicted molar refractivity (Wildman–Crippen MR) is 144 cm³/mol. The van der Waals surface area contributed by atoms with Crippen LogP contribution < -0.4 is 4.90 Å². The quantitative estimate of drug-likeness (QED) is 0.353. The van der Waals surface area contributed by atoms with Crippen LogP contribution in [0.1, 0.15) is 15.9 Å².